The monoisotopic (exact) mass is 273 g/mol. The number of rotatable bonds is 3. The fourth-order valence-corrected chi connectivity index (χ4v) is 3.91. The Labute approximate surface area is 123 Å². The number of piperidine rings is 1. The zero-order valence-corrected chi connectivity index (χ0v) is 12.8. The fraction of sp³-hybridized carbons (Fsp3) is 0.706. The minimum absolute atomic E-state index is 0.435. The molecule has 0 spiro atoms. The van der Waals surface area contributed by atoms with Crippen molar-refractivity contribution in [2.24, 2.45) is 0 Å². The lowest BCUT2D eigenvalue weighted by Gasteiger charge is -2.50. The first kappa shape index (κ1) is 14.0. The Morgan fingerprint density at radius 2 is 2.20 bits per heavy atom. The average molecular weight is 273 g/mol. The fourth-order valence-electron chi connectivity index (χ4n) is 3.91. The maximum Gasteiger partial charge on any atom is 0.0572 e. The normalized spacial score (nSPS) is 29.9. The molecule has 1 aromatic heterocycles. The first-order chi connectivity index (χ1) is 9.79. The van der Waals surface area contributed by atoms with E-state index in [0.717, 1.165) is 6.04 Å². The van der Waals surface area contributed by atoms with Crippen LogP contribution in [0.5, 0.6) is 0 Å². The molecule has 0 saturated carbocycles. The summed E-state index contributed by atoms with van der Waals surface area (Å²) in [5.74, 6) is 0. The van der Waals surface area contributed by atoms with E-state index in [1.165, 1.54) is 51.0 Å². The number of pyridine rings is 1. The summed E-state index contributed by atoms with van der Waals surface area (Å²) in [6.07, 6.45) is 7.33. The topological polar surface area (TPSA) is 19.4 Å². The first-order valence-electron chi connectivity index (χ1n) is 8.20. The van der Waals surface area contributed by atoms with Crippen LogP contribution in [-0.4, -0.2) is 46.5 Å². The Bertz CT molecular complexity index is 420. The Morgan fingerprint density at radius 3 is 2.95 bits per heavy atom. The van der Waals surface area contributed by atoms with E-state index in [1.807, 2.05) is 12.3 Å². The highest BCUT2D eigenvalue weighted by Crippen LogP contribution is 2.30. The lowest BCUT2D eigenvalue weighted by atomic mass is 9.94. The second-order valence-corrected chi connectivity index (χ2v) is 6.33. The molecule has 110 valence electrons. The molecule has 0 aliphatic carbocycles. The van der Waals surface area contributed by atoms with Gasteiger partial charge in [-0.15, -0.1) is 0 Å². The molecule has 0 radical (unpaired) electrons. The molecular weight excluding hydrogens is 246 g/mol. The second kappa shape index (κ2) is 6.23. The molecule has 0 amide bonds. The summed E-state index contributed by atoms with van der Waals surface area (Å²) in [5.41, 5.74) is 1.22. The number of fused-ring (bicyclic) bond motifs is 1. The van der Waals surface area contributed by atoms with Gasteiger partial charge in [-0.1, -0.05) is 19.4 Å². The van der Waals surface area contributed by atoms with Crippen molar-refractivity contribution in [3.63, 3.8) is 0 Å². The van der Waals surface area contributed by atoms with E-state index in [9.17, 15) is 0 Å². The zero-order chi connectivity index (χ0) is 13.9. The van der Waals surface area contributed by atoms with E-state index < -0.39 is 0 Å². The number of piperazine rings is 1. The van der Waals surface area contributed by atoms with Crippen molar-refractivity contribution in [1.29, 1.82) is 0 Å². The van der Waals surface area contributed by atoms with E-state index >= 15 is 0 Å². The maximum absolute atomic E-state index is 4.57. The molecule has 0 bridgehead atoms. The molecule has 2 saturated heterocycles. The Hall–Kier alpha value is -0.930. The SMILES string of the molecule is CCC1CN2CCCCC2CN1C(C)c1ccccn1. The number of aromatic nitrogens is 1. The van der Waals surface area contributed by atoms with Gasteiger partial charge in [0.2, 0.25) is 0 Å². The Morgan fingerprint density at radius 1 is 1.30 bits per heavy atom. The van der Waals surface area contributed by atoms with Crippen LogP contribution < -0.4 is 0 Å². The third kappa shape index (κ3) is 2.75. The van der Waals surface area contributed by atoms with Crippen LogP contribution in [-0.2, 0) is 0 Å². The Kier molecular flexibility index (Phi) is 4.37. The predicted octanol–water partition coefficient (Wildman–Crippen LogP) is 3.09. The van der Waals surface area contributed by atoms with Crippen LogP contribution in [0.2, 0.25) is 0 Å². The quantitative estimate of drug-likeness (QED) is 0.843. The van der Waals surface area contributed by atoms with Crippen molar-refractivity contribution in [2.75, 3.05) is 19.6 Å². The van der Waals surface area contributed by atoms with Crippen molar-refractivity contribution in [3.8, 4) is 0 Å². The summed E-state index contributed by atoms with van der Waals surface area (Å²) >= 11 is 0. The van der Waals surface area contributed by atoms with Gasteiger partial charge in [-0.2, -0.15) is 0 Å². The molecule has 3 heterocycles. The minimum Gasteiger partial charge on any atom is -0.298 e. The molecular formula is C17H27N3. The highest BCUT2D eigenvalue weighted by atomic mass is 15.3. The van der Waals surface area contributed by atoms with E-state index in [0.29, 0.717) is 12.1 Å². The van der Waals surface area contributed by atoms with Gasteiger partial charge in [0.15, 0.2) is 0 Å². The van der Waals surface area contributed by atoms with Crippen LogP contribution >= 0.6 is 0 Å². The summed E-state index contributed by atoms with van der Waals surface area (Å²) < 4.78 is 0. The van der Waals surface area contributed by atoms with Crippen LogP contribution in [0.3, 0.4) is 0 Å². The van der Waals surface area contributed by atoms with Crippen LogP contribution in [0, 0.1) is 0 Å². The van der Waals surface area contributed by atoms with Gasteiger partial charge in [0.1, 0.15) is 0 Å². The van der Waals surface area contributed by atoms with Gasteiger partial charge >= 0.3 is 0 Å². The van der Waals surface area contributed by atoms with Crippen molar-refractivity contribution >= 4 is 0 Å². The average Bonchev–Trinajstić information content (AvgIpc) is 2.53. The van der Waals surface area contributed by atoms with Crippen molar-refractivity contribution < 1.29 is 0 Å². The van der Waals surface area contributed by atoms with Crippen LogP contribution in [0.15, 0.2) is 24.4 Å². The Balaban J connectivity index is 1.76. The largest absolute Gasteiger partial charge is 0.298 e. The summed E-state index contributed by atoms with van der Waals surface area (Å²) in [7, 11) is 0. The molecule has 3 nitrogen and oxygen atoms in total. The number of hydrogen-bond donors (Lipinski definition) is 0. The van der Waals surface area contributed by atoms with Gasteiger partial charge in [0.05, 0.1) is 5.69 Å². The van der Waals surface area contributed by atoms with Gasteiger partial charge in [0.25, 0.3) is 0 Å². The summed E-state index contributed by atoms with van der Waals surface area (Å²) in [5, 5.41) is 0. The van der Waals surface area contributed by atoms with Gasteiger partial charge in [-0.3, -0.25) is 14.8 Å². The first-order valence-corrected chi connectivity index (χ1v) is 8.20. The van der Waals surface area contributed by atoms with Gasteiger partial charge in [0, 0.05) is 37.4 Å². The van der Waals surface area contributed by atoms with Crippen molar-refractivity contribution in [2.45, 2.75) is 57.7 Å². The standard InChI is InChI=1S/C17H27N3/c1-3-15-12-19-11-7-5-8-16(19)13-20(15)14(2)17-9-4-6-10-18-17/h4,6,9-10,14-16H,3,5,7-8,11-13H2,1-2H3. The van der Waals surface area contributed by atoms with Gasteiger partial charge < -0.3 is 0 Å². The molecule has 3 atom stereocenters. The molecule has 0 aromatic carbocycles. The van der Waals surface area contributed by atoms with Gasteiger partial charge in [-0.05, 0) is 44.9 Å². The molecule has 3 heteroatoms. The van der Waals surface area contributed by atoms with E-state index in [-0.39, 0.29) is 0 Å². The number of hydrogen-bond acceptors (Lipinski definition) is 3. The van der Waals surface area contributed by atoms with E-state index in [2.05, 4.69) is 40.8 Å². The third-order valence-electron chi connectivity index (χ3n) is 5.17. The molecule has 20 heavy (non-hydrogen) atoms. The highest BCUT2D eigenvalue weighted by Gasteiger charge is 2.36. The lowest BCUT2D eigenvalue weighted by Crippen LogP contribution is -2.59. The smallest absolute Gasteiger partial charge is 0.0572 e. The minimum atomic E-state index is 0.435. The van der Waals surface area contributed by atoms with Crippen LogP contribution in [0.1, 0.15) is 51.3 Å². The van der Waals surface area contributed by atoms with E-state index in [4.69, 9.17) is 0 Å². The summed E-state index contributed by atoms with van der Waals surface area (Å²) in [6.45, 7) is 8.43. The zero-order valence-electron chi connectivity index (χ0n) is 12.8. The van der Waals surface area contributed by atoms with Crippen molar-refractivity contribution in [3.05, 3.63) is 30.1 Å². The summed E-state index contributed by atoms with van der Waals surface area (Å²) in [6, 6.07) is 8.18. The summed E-state index contributed by atoms with van der Waals surface area (Å²) in [4.78, 5) is 10.0. The molecule has 2 aliphatic heterocycles. The van der Waals surface area contributed by atoms with Crippen molar-refractivity contribution in [1.82, 2.24) is 14.8 Å². The van der Waals surface area contributed by atoms with Gasteiger partial charge in [-0.25, -0.2) is 0 Å². The molecule has 3 rings (SSSR count). The van der Waals surface area contributed by atoms with Crippen LogP contribution in [0.4, 0.5) is 0 Å². The maximum atomic E-state index is 4.57. The molecule has 1 aromatic rings. The highest BCUT2D eigenvalue weighted by molar-refractivity contribution is 5.09. The molecule has 2 fully saturated rings. The van der Waals surface area contributed by atoms with E-state index in [1.54, 1.807) is 0 Å². The van der Waals surface area contributed by atoms with Crippen LogP contribution in [0.25, 0.3) is 0 Å². The molecule has 3 unspecified atom stereocenters. The second-order valence-electron chi connectivity index (χ2n) is 6.33. The number of nitrogens with zero attached hydrogens (tertiary/aromatic N) is 3. The predicted molar refractivity (Wildman–Crippen MR) is 82.6 cm³/mol. The lowest BCUT2D eigenvalue weighted by molar-refractivity contribution is -0.0132. The molecule has 2 aliphatic rings. The third-order valence-corrected chi connectivity index (χ3v) is 5.17. The molecule has 0 N–H and O–H groups in total.